The number of halogens is 2. The van der Waals surface area contributed by atoms with Crippen molar-refractivity contribution in [2.75, 3.05) is 6.54 Å². The Labute approximate surface area is 140 Å². The molecule has 1 N–H and O–H groups in total. The molecule has 0 aliphatic carbocycles. The van der Waals surface area contributed by atoms with Gasteiger partial charge in [0, 0.05) is 13.0 Å². The maximum Gasteiger partial charge on any atom is 0.312 e. The summed E-state index contributed by atoms with van der Waals surface area (Å²) in [5.74, 6) is -1.01. The van der Waals surface area contributed by atoms with Crippen molar-refractivity contribution in [1.29, 1.82) is 0 Å². The summed E-state index contributed by atoms with van der Waals surface area (Å²) in [4.78, 5) is 11.7. The molecule has 2 atom stereocenters. The summed E-state index contributed by atoms with van der Waals surface area (Å²) < 4.78 is 43.6. The zero-order chi connectivity index (χ0) is 17.4. The maximum absolute atomic E-state index is 13.1. The summed E-state index contributed by atoms with van der Waals surface area (Å²) in [6, 6.07) is 3.17. The second-order valence-electron chi connectivity index (χ2n) is 6.53. The van der Waals surface area contributed by atoms with Crippen LogP contribution in [-0.4, -0.2) is 32.4 Å². The smallest absolute Gasteiger partial charge is 0.312 e. The van der Waals surface area contributed by atoms with E-state index >= 15 is 0 Å². The molecule has 1 aromatic rings. The Morgan fingerprint density at radius 1 is 1.39 bits per heavy atom. The van der Waals surface area contributed by atoms with Gasteiger partial charge in [-0.3, -0.25) is 10.1 Å². The number of sulfone groups is 1. The minimum Gasteiger partial charge on any atom is -0.446 e. The molecule has 23 heavy (non-hydrogen) atoms. The van der Waals surface area contributed by atoms with Gasteiger partial charge in [0.2, 0.25) is 0 Å². The highest BCUT2D eigenvalue weighted by Gasteiger charge is 2.39. The van der Waals surface area contributed by atoms with Gasteiger partial charge < -0.3 is 4.74 Å². The highest BCUT2D eigenvalue weighted by molar-refractivity contribution is 7.92. The highest BCUT2D eigenvalue weighted by atomic mass is 35.5. The molecule has 0 bridgehead atoms. The first-order valence-corrected chi connectivity index (χ1v) is 9.07. The lowest BCUT2D eigenvalue weighted by atomic mass is 9.97. The van der Waals surface area contributed by atoms with Crippen molar-refractivity contribution in [3.8, 4) is 0 Å². The van der Waals surface area contributed by atoms with Crippen LogP contribution in [0.15, 0.2) is 23.1 Å². The van der Waals surface area contributed by atoms with Gasteiger partial charge in [0.1, 0.15) is 5.82 Å². The zero-order valence-electron chi connectivity index (χ0n) is 13.1. The van der Waals surface area contributed by atoms with Crippen LogP contribution in [0.5, 0.6) is 0 Å². The molecule has 1 unspecified atom stereocenters. The van der Waals surface area contributed by atoms with Crippen molar-refractivity contribution in [3.63, 3.8) is 0 Å². The summed E-state index contributed by atoms with van der Waals surface area (Å²) in [5, 5.41) is 1.94. The standard InChI is InChI=1S/C15H19ClFNO4S/c1-15(2,3)14(19)22-13-7-10(8-18-13)23(20,21)12-5-4-9(17)6-11(12)16/h4-6,10,13,18H,7-8H2,1-3H3/t10-,13?/m0/s1. The average molecular weight is 364 g/mol. The largest absolute Gasteiger partial charge is 0.446 e. The lowest BCUT2D eigenvalue weighted by Gasteiger charge is -2.20. The van der Waals surface area contributed by atoms with Gasteiger partial charge in [-0.15, -0.1) is 0 Å². The third kappa shape index (κ3) is 4.02. The molecular weight excluding hydrogens is 345 g/mol. The lowest BCUT2D eigenvalue weighted by Crippen LogP contribution is -2.33. The molecular formula is C15H19ClFNO4S. The molecule has 0 radical (unpaired) electrons. The molecule has 1 fully saturated rings. The normalized spacial score (nSPS) is 22.1. The Balaban J connectivity index is 2.13. The number of carbonyl (C=O) groups is 1. The van der Waals surface area contributed by atoms with Crippen molar-refractivity contribution >= 4 is 27.4 Å². The Kier molecular flexibility index (Phi) is 5.03. The first kappa shape index (κ1) is 18.2. The van der Waals surface area contributed by atoms with Gasteiger partial charge in [-0.25, -0.2) is 12.8 Å². The van der Waals surface area contributed by atoms with Crippen LogP contribution in [0.25, 0.3) is 0 Å². The van der Waals surface area contributed by atoms with E-state index in [1.807, 2.05) is 0 Å². The van der Waals surface area contributed by atoms with Crippen molar-refractivity contribution in [3.05, 3.63) is 29.0 Å². The van der Waals surface area contributed by atoms with Crippen LogP contribution in [0.3, 0.4) is 0 Å². The third-order valence-corrected chi connectivity index (χ3v) is 6.18. The van der Waals surface area contributed by atoms with E-state index < -0.39 is 38.5 Å². The second-order valence-corrected chi connectivity index (χ2v) is 9.13. The maximum atomic E-state index is 13.1. The van der Waals surface area contributed by atoms with Crippen LogP contribution in [0.2, 0.25) is 5.02 Å². The average Bonchev–Trinajstić information content (AvgIpc) is 2.86. The molecule has 1 aromatic carbocycles. The molecule has 0 saturated carbocycles. The van der Waals surface area contributed by atoms with E-state index in [9.17, 15) is 17.6 Å². The fraction of sp³-hybridized carbons (Fsp3) is 0.533. The number of nitrogens with one attached hydrogen (secondary N) is 1. The number of hydrogen-bond donors (Lipinski definition) is 1. The molecule has 0 spiro atoms. The predicted molar refractivity (Wildman–Crippen MR) is 84.3 cm³/mol. The monoisotopic (exact) mass is 363 g/mol. The van der Waals surface area contributed by atoms with Crippen LogP contribution in [0, 0.1) is 11.2 Å². The fourth-order valence-electron chi connectivity index (χ4n) is 2.19. The minimum absolute atomic E-state index is 0.116. The minimum atomic E-state index is -3.74. The van der Waals surface area contributed by atoms with E-state index in [1.165, 1.54) is 0 Å². The first-order chi connectivity index (χ1) is 10.5. The molecule has 5 nitrogen and oxygen atoms in total. The fourth-order valence-corrected chi connectivity index (χ4v) is 4.37. The van der Waals surface area contributed by atoms with E-state index in [0.717, 1.165) is 18.2 Å². The van der Waals surface area contributed by atoms with Crippen molar-refractivity contribution in [1.82, 2.24) is 5.32 Å². The Hall–Kier alpha value is -1.18. The number of carbonyl (C=O) groups excluding carboxylic acids is 1. The molecule has 0 amide bonds. The van der Waals surface area contributed by atoms with E-state index in [1.54, 1.807) is 20.8 Å². The first-order valence-electron chi connectivity index (χ1n) is 7.15. The molecule has 128 valence electrons. The van der Waals surface area contributed by atoms with E-state index in [0.29, 0.717) is 0 Å². The third-order valence-electron chi connectivity index (χ3n) is 3.55. The second kappa shape index (κ2) is 6.37. The molecule has 8 heteroatoms. The molecule has 1 heterocycles. The van der Waals surface area contributed by atoms with Gasteiger partial charge in [-0.1, -0.05) is 11.6 Å². The van der Waals surface area contributed by atoms with Gasteiger partial charge in [0.05, 0.1) is 20.6 Å². The number of ether oxygens (including phenoxy) is 1. The van der Waals surface area contributed by atoms with Crippen LogP contribution in [-0.2, 0) is 19.4 Å². The summed E-state index contributed by atoms with van der Waals surface area (Å²) in [7, 11) is -3.74. The van der Waals surface area contributed by atoms with Crippen LogP contribution in [0.4, 0.5) is 4.39 Å². The van der Waals surface area contributed by atoms with Crippen LogP contribution >= 0.6 is 11.6 Å². The van der Waals surface area contributed by atoms with Crippen molar-refractivity contribution in [2.24, 2.45) is 5.41 Å². The quantitative estimate of drug-likeness (QED) is 0.660. The van der Waals surface area contributed by atoms with E-state index in [4.69, 9.17) is 16.3 Å². The number of esters is 1. The van der Waals surface area contributed by atoms with E-state index in [2.05, 4.69) is 5.32 Å². The van der Waals surface area contributed by atoms with E-state index in [-0.39, 0.29) is 22.9 Å². The highest BCUT2D eigenvalue weighted by Crippen LogP contribution is 2.29. The number of hydrogen-bond acceptors (Lipinski definition) is 5. The van der Waals surface area contributed by atoms with Gasteiger partial charge in [-0.05, 0) is 39.0 Å². The van der Waals surface area contributed by atoms with Crippen LogP contribution < -0.4 is 5.32 Å². The van der Waals surface area contributed by atoms with Crippen molar-refractivity contribution < 1.29 is 22.3 Å². The Morgan fingerprint density at radius 2 is 2.04 bits per heavy atom. The summed E-state index contributed by atoms with van der Waals surface area (Å²) in [6.07, 6.45) is -0.543. The zero-order valence-corrected chi connectivity index (χ0v) is 14.7. The Bertz CT molecular complexity index is 715. The number of rotatable bonds is 3. The van der Waals surface area contributed by atoms with Gasteiger partial charge in [-0.2, -0.15) is 0 Å². The summed E-state index contributed by atoms with van der Waals surface area (Å²) >= 11 is 5.85. The Morgan fingerprint density at radius 3 is 2.61 bits per heavy atom. The van der Waals surface area contributed by atoms with Gasteiger partial charge in [0.15, 0.2) is 16.1 Å². The lowest BCUT2D eigenvalue weighted by molar-refractivity contribution is -0.159. The molecule has 2 rings (SSSR count). The SMILES string of the molecule is CC(C)(C)C(=O)OC1C[C@H](S(=O)(=O)c2ccc(F)cc2Cl)CN1. The summed E-state index contributed by atoms with van der Waals surface area (Å²) in [5.41, 5.74) is -0.668. The topological polar surface area (TPSA) is 72.5 Å². The summed E-state index contributed by atoms with van der Waals surface area (Å²) in [6.45, 7) is 5.29. The molecule has 0 aromatic heterocycles. The van der Waals surface area contributed by atoms with Crippen LogP contribution in [0.1, 0.15) is 27.2 Å². The van der Waals surface area contributed by atoms with Crippen molar-refractivity contribution in [2.45, 2.75) is 43.6 Å². The van der Waals surface area contributed by atoms with Gasteiger partial charge >= 0.3 is 5.97 Å². The molecule has 1 aliphatic rings. The van der Waals surface area contributed by atoms with Gasteiger partial charge in [0.25, 0.3) is 0 Å². The number of benzene rings is 1. The molecule has 1 aliphatic heterocycles. The molecule has 1 saturated heterocycles. The predicted octanol–water partition coefficient (Wildman–Crippen LogP) is 2.53.